The van der Waals surface area contributed by atoms with Crippen molar-refractivity contribution in [3.8, 4) is 0 Å². The minimum atomic E-state index is 0.165. The molecule has 0 saturated heterocycles. The average molecular weight is 304 g/mol. The standard InChI is InChI=1S/C15H14BrNO/c16-13-6-4-12-9-14(7-5-11(12)8-13)17-15(18)10-2-1-3-10/h4-10H,1-3H2,(H,17,18). The van der Waals surface area contributed by atoms with Gasteiger partial charge in [0.1, 0.15) is 0 Å². The Morgan fingerprint density at radius 2 is 1.83 bits per heavy atom. The first-order valence-electron chi connectivity index (χ1n) is 6.22. The maximum Gasteiger partial charge on any atom is 0.227 e. The van der Waals surface area contributed by atoms with E-state index in [4.69, 9.17) is 0 Å². The molecule has 1 N–H and O–H groups in total. The summed E-state index contributed by atoms with van der Waals surface area (Å²) in [6.07, 6.45) is 3.25. The Morgan fingerprint density at radius 3 is 2.56 bits per heavy atom. The highest BCUT2D eigenvalue weighted by atomic mass is 79.9. The topological polar surface area (TPSA) is 29.1 Å². The second-order valence-electron chi connectivity index (χ2n) is 4.82. The number of benzene rings is 2. The summed E-state index contributed by atoms with van der Waals surface area (Å²) in [5, 5.41) is 5.32. The summed E-state index contributed by atoms with van der Waals surface area (Å²) in [6.45, 7) is 0. The van der Waals surface area contributed by atoms with Crippen molar-refractivity contribution in [3.05, 3.63) is 40.9 Å². The van der Waals surface area contributed by atoms with E-state index in [1.54, 1.807) is 0 Å². The Balaban J connectivity index is 1.84. The molecule has 3 heteroatoms. The number of fused-ring (bicyclic) bond motifs is 1. The molecule has 0 aliphatic heterocycles. The SMILES string of the molecule is O=C(Nc1ccc2cc(Br)ccc2c1)C1CCC1. The van der Waals surface area contributed by atoms with Crippen LogP contribution in [0.2, 0.25) is 0 Å². The summed E-state index contributed by atoms with van der Waals surface area (Å²) < 4.78 is 1.07. The first kappa shape index (κ1) is 11.7. The summed E-state index contributed by atoms with van der Waals surface area (Å²) in [5.41, 5.74) is 0.890. The molecule has 2 aromatic rings. The Bertz CT molecular complexity index is 604. The maximum absolute atomic E-state index is 11.9. The van der Waals surface area contributed by atoms with Crippen LogP contribution in [0.25, 0.3) is 10.8 Å². The van der Waals surface area contributed by atoms with Crippen molar-refractivity contribution in [1.29, 1.82) is 0 Å². The summed E-state index contributed by atoms with van der Waals surface area (Å²) >= 11 is 3.46. The number of hydrogen-bond acceptors (Lipinski definition) is 1. The second-order valence-corrected chi connectivity index (χ2v) is 5.74. The smallest absolute Gasteiger partial charge is 0.227 e. The van der Waals surface area contributed by atoms with Gasteiger partial charge in [-0.3, -0.25) is 4.79 Å². The van der Waals surface area contributed by atoms with E-state index >= 15 is 0 Å². The van der Waals surface area contributed by atoms with Gasteiger partial charge in [0.15, 0.2) is 0 Å². The van der Waals surface area contributed by atoms with Crippen LogP contribution in [0.1, 0.15) is 19.3 Å². The molecule has 1 aliphatic carbocycles. The van der Waals surface area contributed by atoms with Gasteiger partial charge in [0, 0.05) is 16.1 Å². The molecule has 0 aromatic heterocycles. The predicted molar refractivity (Wildman–Crippen MR) is 77.6 cm³/mol. The van der Waals surface area contributed by atoms with Crippen molar-refractivity contribution < 1.29 is 4.79 Å². The Labute approximate surface area is 115 Å². The van der Waals surface area contributed by atoms with Crippen molar-refractivity contribution in [2.24, 2.45) is 5.92 Å². The highest BCUT2D eigenvalue weighted by Gasteiger charge is 2.25. The molecule has 2 nitrogen and oxygen atoms in total. The summed E-state index contributed by atoms with van der Waals surface area (Å²) in [6, 6.07) is 12.2. The average Bonchev–Trinajstić information content (AvgIpc) is 2.27. The lowest BCUT2D eigenvalue weighted by Gasteiger charge is -2.24. The molecule has 92 valence electrons. The van der Waals surface area contributed by atoms with Gasteiger partial charge in [-0.25, -0.2) is 0 Å². The molecule has 0 unspecified atom stereocenters. The number of rotatable bonds is 2. The molecule has 0 atom stereocenters. The molecule has 18 heavy (non-hydrogen) atoms. The van der Waals surface area contributed by atoms with Crippen LogP contribution in [-0.2, 0) is 4.79 Å². The Hall–Kier alpha value is -1.35. The van der Waals surface area contributed by atoms with Crippen molar-refractivity contribution in [1.82, 2.24) is 0 Å². The largest absolute Gasteiger partial charge is 0.326 e. The van der Waals surface area contributed by atoms with Gasteiger partial charge in [0.2, 0.25) is 5.91 Å². The van der Waals surface area contributed by atoms with E-state index in [9.17, 15) is 4.79 Å². The van der Waals surface area contributed by atoms with E-state index in [0.29, 0.717) is 0 Å². The minimum absolute atomic E-state index is 0.165. The van der Waals surface area contributed by atoms with Crippen LogP contribution in [0, 0.1) is 5.92 Å². The third kappa shape index (κ3) is 2.27. The number of halogens is 1. The third-order valence-corrected chi connectivity index (χ3v) is 4.04. The van der Waals surface area contributed by atoms with Gasteiger partial charge in [0.05, 0.1) is 0 Å². The van der Waals surface area contributed by atoms with Gasteiger partial charge >= 0.3 is 0 Å². The fourth-order valence-corrected chi connectivity index (χ4v) is 2.59. The van der Waals surface area contributed by atoms with Crippen molar-refractivity contribution in [3.63, 3.8) is 0 Å². The Kier molecular flexibility index (Phi) is 3.08. The molecule has 0 radical (unpaired) electrons. The molecule has 0 heterocycles. The number of hydrogen-bond donors (Lipinski definition) is 1. The van der Waals surface area contributed by atoms with Gasteiger partial charge in [-0.1, -0.05) is 34.5 Å². The van der Waals surface area contributed by atoms with E-state index in [2.05, 4.69) is 33.4 Å². The predicted octanol–water partition coefficient (Wildman–Crippen LogP) is 4.34. The first-order valence-corrected chi connectivity index (χ1v) is 7.02. The first-order chi connectivity index (χ1) is 8.72. The van der Waals surface area contributed by atoms with Crippen LogP contribution >= 0.6 is 15.9 Å². The van der Waals surface area contributed by atoms with Crippen LogP contribution in [-0.4, -0.2) is 5.91 Å². The van der Waals surface area contributed by atoms with Crippen molar-refractivity contribution >= 4 is 38.3 Å². The number of anilines is 1. The third-order valence-electron chi connectivity index (χ3n) is 3.55. The monoisotopic (exact) mass is 303 g/mol. The lowest BCUT2D eigenvalue weighted by molar-refractivity contribution is -0.122. The number of carbonyl (C=O) groups excluding carboxylic acids is 1. The fourth-order valence-electron chi connectivity index (χ4n) is 2.21. The van der Waals surface area contributed by atoms with E-state index in [1.807, 2.05) is 24.3 Å². The number of nitrogens with one attached hydrogen (secondary N) is 1. The molecule has 0 bridgehead atoms. The lowest BCUT2D eigenvalue weighted by atomic mass is 9.85. The van der Waals surface area contributed by atoms with Crippen LogP contribution in [0.3, 0.4) is 0 Å². The summed E-state index contributed by atoms with van der Waals surface area (Å²) in [5.74, 6) is 0.392. The highest BCUT2D eigenvalue weighted by molar-refractivity contribution is 9.10. The lowest BCUT2D eigenvalue weighted by Crippen LogP contribution is -2.27. The zero-order valence-corrected chi connectivity index (χ0v) is 11.5. The quantitative estimate of drug-likeness (QED) is 0.878. The molecule has 1 fully saturated rings. The normalized spacial score (nSPS) is 15.4. The molecule has 2 aromatic carbocycles. The molecule has 0 spiro atoms. The molecule has 1 aliphatic rings. The number of amides is 1. The van der Waals surface area contributed by atoms with Gasteiger partial charge in [-0.15, -0.1) is 0 Å². The summed E-state index contributed by atoms with van der Waals surface area (Å²) in [4.78, 5) is 11.9. The second kappa shape index (κ2) is 4.73. The Morgan fingerprint density at radius 1 is 1.11 bits per heavy atom. The van der Waals surface area contributed by atoms with Crippen LogP contribution in [0.4, 0.5) is 5.69 Å². The van der Waals surface area contributed by atoms with E-state index in [-0.39, 0.29) is 11.8 Å². The number of carbonyl (C=O) groups is 1. The van der Waals surface area contributed by atoms with Gasteiger partial charge in [-0.05, 0) is 47.9 Å². The summed E-state index contributed by atoms with van der Waals surface area (Å²) in [7, 11) is 0. The van der Waals surface area contributed by atoms with Gasteiger partial charge in [-0.2, -0.15) is 0 Å². The maximum atomic E-state index is 11.9. The zero-order chi connectivity index (χ0) is 12.5. The fraction of sp³-hybridized carbons (Fsp3) is 0.267. The van der Waals surface area contributed by atoms with Crippen molar-refractivity contribution in [2.75, 3.05) is 5.32 Å². The van der Waals surface area contributed by atoms with Gasteiger partial charge in [0.25, 0.3) is 0 Å². The highest BCUT2D eigenvalue weighted by Crippen LogP contribution is 2.28. The molecular weight excluding hydrogens is 290 g/mol. The molecule has 3 rings (SSSR count). The van der Waals surface area contributed by atoms with Crippen LogP contribution in [0.5, 0.6) is 0 Å². The van der Waals surface area contributed by atoms with Crippen LogP contribution in [0.15, 0.2) is 40.9 Å². The molecule has 1 saturated carbocycles. The van der Waals surface area contributed by atoms with E-state index in [0.717, 1.165) is 28.4 Å². The molecule has 1 amide bonds. The van der Waals surface area contributed by atoms with Gasteiger partial charge < -0.3 is 5.32 Å². The minimum Gasteiger partial charge on any atom is -0.326 e. The molecular formula is C15H14BrNO. The van der Waals surface area contributed by atoms with Crippen molar-refractivity contribution in [2.45, 2.75) is 19.3 Å². The van der Waals surface area contributed by atoms with E-state index in [1.165, 1.54) is 11.8 Å². The zero-order valence-electron chi connectivity index (χ0n) is 9.95. The van der Waals surface area contributed by atoms with Crippen LogP contribution < -0.4 is 5.32 Å². The van der Waals surface area contributed by atoms with E-state index < -0.39 is 0 Å².